The average molecular weight is 969 g/mol. The van der Waals surface area contributed by atoms with E-state index in [-0.39, 0.29) is 0 Å². The van der Waals surface area contributed by atoms with Crippen molar-refractivity contribution in [3.05, 3.63) is 289 Å². The molecule has 11 aromatic carbocycles. The maximum absolute atomic E-state index is 6.62. The van der Waals surface area contributed by atoms with Crippen molar-refractivity contribution in [2.45, 2.75) is 5.41 Å². The molecule has 0 N–H and O–H groups in total. The lowest BCUT2D eigenvalue weighted by Gasteiger charge is -2.44. The van der Waals surface area contributed by atoms with Crippen molar-refractivity contribution in [1.82, 2.24) is 14.5 Å². The van der Waals surface area contributed by atoms with Crippen LogP contribution in [0.5, 0.6) is 0 Å². The van der Waals surface area contributed by atoms with Crippen LogP contribution in [0.15, 0.2) is 271 Å². The fourth-order valence-electron chi connectivity index (χ4n) is 12.8. The number of hydrogen-bond donors (Lipinski definition) is 0. The summed E-state index contributed by atoms with van der Waals surface area (Å²) in [6, 6.07) is 96.3. The Morgan fingerprint density at radius 2 is 0.895 bits per heavy atom. The molecule has 354 valence electrons. The standard InChI is InChI=1S/C71H44N4O/c1-4-18-45(19-5-1)46-32-36-51(37-33-46)74-62-29-15-11-24-52(62)55-42-49(35-40-63(55)74)50-34-38-58-65(43-50)75(70-72-60(47-20-6-2-7-21-47)44-61(73-70)48-22-8-3-9-23-48)64-30-16-14-28-57(64)71(58)56-27-13-10-25-53(56)68-59(71)39-41-67-69(68)54-26-12-17-31-66(54)76-67/h1-44H. The van der Waals surface area contributed by atoms with Crippen molar-refractivity contribution < 1.29 is 4.42 Å². The van der Waals surface area contributed by atoms with E-state index in [1.165, 1.54) is 49.7 Å². The summed E-state index contributed by atoms with van der Waals surface area (Å²) in [6.45, 7) is 0. The van der Waals surface area contributed by atoms with Gasteiger partial charge in [-0.05, 0) is 116 Å². The van der Waals surface area contributed by atoms with Crippen LogP contribution < -0.4 is 4.90 Å². The summed E-state index contributed by atoms with van der Waals surface area (Å²) in [5.74, 6) is 0.598. The first-order chi connectivity index (χ1) is 37.7. The summed E-state index contributed by atoms with van der Waals surface area (Å²) in [6.07, 6.45) is 0. The van der Waals surface area contributed by atoms with E-state index < -0.39 is 5.41 Å². The van der Waals surface area contributed by atoms with E-state index in [4.69, 9.17) is 14.4 Å². The molecule has 0 saturated carbocycles. The average Bonchev–Trinajstić information content (AvgIpc) is 4.34. The zero-order valence-electron chi connectivity index (χ0n) is 41.1. The highest BCUT2D eigenvalue weighted by molar-refractivity contribution is 6.16. The molecule has 4 heterocycles. The molecule has 0 radical (unpaired) electrons. The van der Waals surface area contributed by atoms with Gasteiger partial charge in [-0.3, -0.25) is 4.90 Å². The molecule has 76 heavy (non-hydrogen) atoms. The Morgan fingerprint density at radius 3 is 1.66 bits per heavy atom. The molecule has 5 nitrogen and oxygen atoms in total. The van der Waals surface area contributed by atoms with Crippen LogP contribution in [0, 0.1) is 0 Å². The molecule has 2 aliphatic rings. The van der Waals surface area contributed by atoms with Gasteiger partial charge in [-0.25, -0.2) is 9.97 Å². The SMILES string of the molecule is c1ccc(-c2ccc(-n3c4ccccc4c4cc(-c5ccc6c(c5)N(c5nc(-c7ccccc7)cc(-c7ccccc7)n5)c5ccccc5C65c6ccccc6-c6c5ccc5oc7ccccc7c65)ccc43)cc2)cc1. The number of benzene rings is 11. The lowest BCUT2D eigenvalue weighted by Crippen LogP contribution is -2.36. The summed E-state index contributed by atoms with van der Waals surface area (Å²) in [5, 5.41) is 4.65. The second-order valence-corrected chi connectivity index (χ2v) is 20.0. The van der Waals surface area contributed by atoms with Gasteiger partial charge < -0.3 is 8.98 Å². The van der Waals surface area contributed by atoms with E-state index in [1.807, 2.05) is 0 Å². The van der Waals surface area contributed by atoms with Crippen LogP contribution in [0.1, 0.15) is 22.3 Å². The Bertz CT molecular complexity index is 4580. The van der Waals surface area contributed by atoms with Gasteiger partial charge in [-0.15, -0.1) is 0 Å². The number of rotatable bonds is 6. The van der Waals surface area contributed by atoms with Crippen LogP contribution in [-0.4, -0.2) is 14.5 Å². The Hall–Kier alpha value is -10.1. The zero-order chi connectivity index (χ0) is 49.9. The fourth-order valence-corrected chi connectivity index (χ4v) is 12.8. The zero-order valence-corrected chi connectivity index (χ0v) is 41.1. The summed E-state index contributed by atoms with van der Waals surface area (Å²) in [4.78, 5) is 13.4. The monoisotopic (exact) mass is 968 g/mol. The highest BCUT2D eigenvalue weighted by Gasteiger charge is 2.53. The second-order valence-electron chi connectivity index (χ2n) is 20.0. The molecule has 1 aliphatic heterocycles. The topological polar surface area (TPSA) is 47.1 Å². The third-order valence-electron chi connectivity index (χ3n) is 16.0. The summed E-state index contributed by atoms with van der Waals surface area (Å²) in [7, 11) is 0. The predicted molar refractivity (Wildman–Crippen MR) is 311 cm³/mol. The molecule has 0 bridgehead atoms. The van der Waals surface area contributed by atoms with Crippen molar-refractivity contribution in [3.63, 3.8) is 0 Å². The first-order valence-electron chi connectivity index (χ1n) is 26.0. The number of nitrogens with zero attached hydrogens (tertiary/aromatic N) is 4. The molecular weight excluding hydrogens is 925 g/mol. The molecule has 1 aliphatic carbocycles. The van der Waals surface area contributed by atoms with Gasteiger partial charge >= 0.3 is 0 Å². The van der Waals surface area contributed by atoms with Crippen LogP contribution >= 0.6 is 0 Å². The number of furan rings is 1. The van der Waals surface area contributed by atoms with E-state index in [0.717, 1.165) is 89.3 Å². The number of anilines is 3. The van der Waals surface area contributed by atoms with Crippen LogP contribution in [-0.2, 0) is 5.41 Å². The van der Waals surface area contributed by atoms with Gasteiger partial charge in [0.2, 0.25) is 5.95 Å². The molecule has 16 rings (SSSR count). The minimum Gasteiger partial charge on any atom is -0.456 e. The second kappa shape index (κ2) is 16.5. The van der Waals surface area contributed by atoms with Crippen LogP contribution in [0.2, 0.25) is 0 Å². The van der Waals surface area contributed by atoms with Crippen LogP contribution in [0.3, 0.4) is 0 Å². The fraction of sp³-hybridized carbons (Fsp3) is 0.0141. The normalized spacial score (nSPS) is 14.3. The summed E-state index contributed by atoms with van der Waals surface area (Å²) >= 11 is 0. The van der Waals surface area contributed by atoms with E-state index >= 15 is 0 Å². The maximum Gasteiger partial charge on any atom is 0.235 e. The third-order valence-corrected chi connectivity index (χ3v) is 16.0. The quantitative estimate of drug-likeness (QED) is 0.167. The van der Waals surface area contributed by atoms with Crippen molar-refractivity contribution in [2.75, 3.05) is 4.90 Å². The minimum absolute atomic E-state index is 0.598. The first kappa shape index (κ1) is 42.4. The molecule has 3 aromatic heterocycles. The number of hydrogen-bond acceptors (Lipinski definition) is 4. The van der Waals surface area contributed by atoms with Gasteiger partial charge in [-0.2, -0.15) is 0 Å². The van der Waals surface area contributed by atoms with Gasteiger partial charge in [0.05, 0.1) is 39.2 Å². The van der Waals surface area contributed by atoms with E-state index in [1.54, 1.807) is 0 Å². The van der Waals surface area contributed by atoms with E-state index in [2.05, 4.69) is 276 Å². The lowest BCUT2D eigenvalue weighted by atomic mass is 9.64. The molecular formula is C71H44N4O. The molecule has 0 fully saturated rings. The molecule has 1 spiro atoms. The van der Waals surface area contributed by atoms with Crippen molar-refractivity contribution in [2.24, 2.45) is 0 Å². The van der Waals surface area contributed by atoms with Crippen LogP contribution in [0.4, 0.5) is 17.3 Å². The van der Waals surface area contributed by atoms with Gasteiger partial charge in [0.15, 0.2) is 0 Å². The summed E-state index contributed by atoms with van der Waals surface area (Å²) < 4.78 is 9.02. The smallest absolute Gasteiger partial charge is 0.235 e. The Morgan fingerprint density at radius 1 is 0.342 bits per heavy atom. The Labute approximate surface area is 438 Å². The lowest BCUT2D eigenvalue weighted by molar-refractivity contribution is 0.668. The molecule has 5 heteroatoms. The van der Waals surface area contributed by atoms with Gasteiger partial charge in [-0.1, -0.05) is 206 Å². The Kier molecular flexibility index (Phi) is 9.18. The van der Waals surface area contributed by atoms with Crippen LogP contribution in [0.25, 0.3) is 105 Å². The van der Waals surface area contributed by atoms with Gasteiger partial charge in [0.25, 0.3) is 0 Å². The van der Waals surface area contributed by atoms with E-state index in [0.29, 0.717) is 5.95 Å². The maximum atomic E-state index is 6.62. The summed E-state index contributed by atoms with van der Waals surface area (Å²) in [5.41, 5.74) is 22.1. The first-order valence-corrected chi connectivity index (χ1v) is 26.0. The minimum atomic E-state index is -0.716. The highest BCUT2D eigenvalue weighted by atomic mass is 16.3. The number of aromatic nitrogens is 3. The Balaban J connectivity index is 0.958. The molecule has 1 unspecified atom stereocenters. The third kappa shape index (κ3) is 6.14. The van der Waals surface area contributed by atoms with Crippen molar-refractivity contribution >= 4 is 61.1 Å². The molecule has 0 saturated heterocycles. The van der Waals surface area contributed by atoms with Crippen molar-refractivity contribution in [1.29, 1.82) is 0 Å². The predicted octanol–water partition coefficient (Wildman–Crippen LogP) is 18.3. The molecule has 0 amide bonds. The largest absolute Gasteiger partial charge is 0.456 e. The van der Waals surface area contributed by atoms with E-state index in [9.17, 15) is 0 Å². The van der Waals surface area contributed by atoms with Gasteiger partial charge in [0.1, 0.15) is 11.2 Å². The van der Waals surface area contributed by atoms with Gasteiger partial charge in [0, 0.05) is 38.4 Å². The number of para-hydroxylation sites is 3. The molecule has 14 aromatic rings. The number of fused-ring (bicyclic) bond motifs is 16. The molecule has 1 atom stereocenters. The van der Waals surface area contributed by atoms with Crippen molar-refractivity contribution in [3.8, 4) is 61.6 Å². The highest BCUT2D eigenvalue weighted by Crippen LogP contribution is 2.65.